The van der Waals surface area contributed by atoms with Gasteiger partial charge in [-0.3, -0.25) is 4.79 Å². The predicted octanol–water partition coefficient (Wildman–Crippen LogP) is 7.31. The quantitative estimate of drug-likeness (QED) is 0.220. The normalized spacial score (nSPS) is 12.1. The van der Waals surface area contributed by atoms with E-state index in [2.05, 4.69) is 54.0 Å². The number of Topliss-reactive ketones (excluding diaryl/α,β-unsaturated/α-hetero) is 1. The van der Waals surface area contributed by atoms with Crippen LogP contribution in [0.5, 0.6) is 11.5 Å². The zero-order valence-electron chi connectivity index (χ0n) is 20.2. The fourth-order valence-electron chi connectivity index (χ4n) is 4.15. The molecule has 2 aromatic carbocycles. The molecule has 0 saturated carbocycles. The number of ketones is 1. The molecule has 1 atom stereocenters. The summed E-state index contributed by atoms with van der Waals surface area (Å²) in [5.41, 5.74) is 5.29. The highest BCUT2D eigenvalue weighted by molar-refractivity contribution is 9.11. The van der Waals surface area contributed by atoms with Crippen molar-refractivity contribution in [3.05, 3.63) is 74.7 Å². The molecule has 35 heavy (non-hydrogen) atoms. The van der Waals surface area contributed by atoms with Gasteiger partial charge in [0.25, 0.3) is 0 Å². The third-order valence-corrected chi connectivity index (χ3v) is 8.14. The van der Waals surface area contributed by atoms with Crippen LogP contribution in [0, 0.1) is 6.92 Å². The Morgan fingerprint density at radius 2 is 1.89 bits per heavy atom. The molecule has 0 spiro atoms. The monoisotopic (exact) mass is 553 g/mol. The SMILES string of the molecule is CCc1cc(-c2c(Br)sc3c(C)cccc23)nc(C(O)CCC(=O)c2ccc(OC)c(OC)c2)c1. The standard InChI is InChI=1S/C28H28BrNO4S/c1-5-17-13-20(23(32)11-10-22(31)18-9-12-24(33-3)25(15-18)34-4)30-21(14-17)26-19-8-6-7-16(2)27(19)35-28(26)29/h6-9,12-15,23,32H,5,10-11H2,1-4H3. The van der Waals surface area contributed by atoms with Crippen molar-refractivity contribution in [3.63, 3.8) is 0 Å². The molecule has 4 rings (SSSR count). The van der Waals surface area contributed by atoms with Crippen LogP contribution in [0.15, 0.2) is 52.3 Å². The Morgan fingerprint density at radius 3 is 2.60 bits per heavy atom. The van der Waals surface area contributed by atoms with E-state index in [1.54, 1.807) is 36.6 Å². The van der Waals surface area contributed by atoms with Gasteiger partial charge in [0.15, 0.2) is 17.3 Å². The van der Waals surface area contributed by atoms with Crippen LogP contribution in [0.4, 0.5) is 0 Å². The Morgan fingerprint density at radius 1 is 1.11 bits per heavy atom. The molecule has 7 heteroatoms. The number of hydrogen-bond acceptors (Lipinski definition) is 6. The Labute approximate surface area is 217 Å². The molecular formula is C28H28BrNO4S. The van der Waals surface area contributed by atoms with Gasteiger partial charge in [0.1, 0.15) is 0 Å². The Balaban J connectivity index is 1.59. The second-order valence-electron chi connectivity index (χ2n) is 8.39. The number of halogens is 1. The van der Waals surface area contributed by atoms with Crippen LogP contribution < -0.4 is 9.47 Å². The van der Waals surface area contributed by atoms with Gasteiger partial charge in [-0.15, -0.1) is 11.3 Å². The van der Waals surface area contributed by atoms with Crippen LogP contribution in [0.2, 0.25) is 0 Å². The molecule has 1 unspecified atom stereocenters. The molecule has 182 valence electrons. The number of aliphatic hydroxyl groups excluding tert-OH is 1. The number of carbonyl (C=O) groups excluding carboxylic acids is 1. The number of fused-ring (bicyclic) bond motifs is 1. The summed E-state index contributed by atoms with van der Waals surface area (Å²) < 4.78 is 12.8. The lowest BCUT2D eigenvalue weighted by atomic mass is 10.00. The zero-order valence-corrected chi connectivity index (χ0v) is 22.6. The maximum Gasteiger partial charge on any atom is 0.163 e. The summed E-state index contributed by atoms with van der Waals surface area (Å²) in [6, 6.07) is 15.4. The highest BCUT2D eigenvalue weighted by atomic mass is 79.9. The molecule has 2 heterocycles. The minimum atomic E-state index is -0.852. The van der Waals surface area contributed by atoms with Gasteiger partial charge in [0.05, 0.1) is 35.5 Å². The zero-order chi connectivity index (χ0) is 25.1. The summed E-state index contributed by atoms with van der Waals surface area (Å²) >= 11 is 5.43. The maximum atomic E-state index is 12.8. The van der Waals surface area contributed by atoms with Gasteiger partial charge >= 0.3 is 0 Å². The number of pyridine rings is 1. The average molecular weight is 555 g/mol. The van der Waals surface area contributed by atoms with Crippen LogP contribution in [0.3, 0.4) is 0 Å². The molecule has 1 N–H and O–H groups in total. The van der Waals surface area contributed by atoms with E-state index < -0.39 is 6.10 Å². The van der Waals surface area contributed by atoms with Crippen molar-refractivity contribution < 1.29 is 19.4 Å². The molecule has 4 aromatic rings. The van der Waals surface area contributed by atoms with Crippen LogP contribution in [0.1, 0.15) is 53.0 Å². The molecule has 0 fully saturated rings. The minimum Gasteiger partial charge on any atom is -0.493 e. The first-order valence-corrected chi connectivity index (χ1v) is 13.1. The smallest absolute Gasteiger partial charge is 0.163 e. The van der Waals surface area contributed by atoms with Crippen LogP contribution in [-0.4, -0.2) is 30.1 Å². The van der Waals surface area contributed by atoms with Crippen LogP contribution in [-0.2, 0) is 6.42 Å². The lowest BCUT2D eigenvalue weighted by Gasteiger charge is -2.14. The highest BCUT2D eigenvalue weighted by Gasteiger charge is 2.19. The number of carbonyl (C=O) groups is 1. The summed E-state index contributed by atoms with van der Waals surface area (Å²) in [6.07, 6.45) is 0.430. The number of rotatable bonds is 9. The topological polar surface area (TPSA) is 68.7 Å². The van der Waals surface area contributed by atoms with Crippen molar-refractivity contribution >= 4 is 43.1 Å². The van der Waals surface area contributed by atoms with Crippen molar-refractivity contribution in [3.8, 4) is 22.8 Å². The molecule has 0 amide bonds. The van der Waals surface area contributed by atoms with E-state index >= 15 is 0 Å². The summed E-state index contributed by atoms with van der Waals surface area (Å²) in [6.45, 7) is 4.19. The molecule has 0 radical (unpaired) electrons. The van der Waals surface area contributed by atoms with Crippen molar-refractivity contribution in [1.29, 1.82) is 0 Å². The number of aromatic nitrogens is 1. The van der Waals surface area contributed by atoms with Crippen molar-refractivity contribution in [1.82, 2.24) is 4.98 Å². The van der Waals surface area contributed by atoms with E-state index in [1.807, 2.05) is 6.07 Å². The molecule has 5 nitrogen and oxygen atoms in total. The summed E-state index contributed by atoms with van der Waals surface area (Å²) in [5.74, 6) is 1.00. The van der Waals surface area contributed by atoms with E-state index in [1.165, 1.54) is 17.4 Å². The van der Waals surface area contributed by atoms with Crippen LogP contribution >= 0.6 is 27.3 Å². The van der Waals surface area contributed by atoms with Gasteiger partial charge in [-0.1, -0.05) is 25.1 Å². The van der Waals surface area contributed by atoms with Gasteiger partial charge in [-0.2, -0.15) is 0 Å². The predicted molar refractivity (Wildman–Crippen MR) is 145 cm³/mol. The molecule has 0 aliphatic rings. The average Bonchev–Trinajstić information content (AvgIpc) is 3.23. The van der Waals surface area contributed by atoms with Gasteiger partial charge in [0, 0.05) is 27.6 Å². The van der Waals surface area contributed by atoms with Gasteiger partial charge < -0.3 is 14.6 Å². The Hall–Kier alpha value is -2.74. The molecule has 0 bridgehead atoms. The van der Waals surface area contributed by atoms with Crippen LogP contribution in [0.25, 0.3) is 21.3 Å². The second kappa shape index (κ2) is 10.9. The highest BCUT2D eigenvalue weighted by Crippen LogP contribution is 2.43. The Kier molecular flexibility index (Phi) is 7.89. The summed E-state index contributed by atoms with van der Waals surface area (Å²) in [4.78, 5) is 17.7. The third-order valence-electron chi connectivity index (χ3n) is 6.13. The first-order chi connectivity index (χ1) is 16.9. The van der Waals surface area contributed by atoms with E-state index in [0.717, 1.165) is 32.4 Å². The number of ether oxygens (including phenoxy) is 2. The van der Waals surface area contributed by atoms with Gasteiger partial charge in [0.2, 0.25) is 0 Å². The first-order valence-electron chi connectivity index (χ1n) is 11.5. The van der Waals surface area contributed by atoms with E-state index in [0.29, 0.717) is 22.8 Å². The summed E-state index contributed by atoms with van der Waals surface area (Å²) in [5, 5.41) is 12.1. The number of hydrogen-bond donors (Lipinski definition) is 1. The largest absolute Gasteiger partial charge is 0.493 e. The third kappa shape index (κ3) is 5.27. The first kappa shape index (κ1) is 25.4. The molecule has 2 aromatic heterocycles. The van der Waals surface area contributed by atoms with Gasteiger partial charge in [-0.05, 0) is 77.2 Å². The molecule has 0 saturated heterocycles. The number of methoxy groups -OCH3 is 2. The van der Waals surface area contributed by atoms with Crippen molar-refractivity contribution in [2.24, 2.45) is 0 Å². The van der Waals surface area contributed by atoms with Gasteiger partial charge in [-0.25, -0.2) is 4.98 Å². The second-order valence-corrected chi connectivity index (χ2v) is 10.7. The van der Waals surface area contributed by atoms with Crippen molar-refractivity contribution in [2.75, 3.05) is 14.2 Å². The van der Waals surface area contributed by atoms with Crippen molar-refractivity contribution in [2.45, 2.75) is 39.2 Å². The Bertz CT molecular complexity index is 1380. The molecule has 0 aliphatic carbocycles. The van der Waals surface area contributed by atoms with E-state index in [-0.39, 0.29) is 18.6 Å². The van der Waals surface area contributed by atoms with E-state index in [9.17, 15) is 9.90 Å². The number of thiophene rings is 1. The van der Waals surface area contributed by atoms with E-state index in [4.69, 9.17) is 14.5 Å². The maximum absolute atomic E-state index is 12.8. The molecular weight excluding hydrogens is 526 g/mol. The lowest BCUT2D eigenvalue weighted by Crippen LogP contribution is -2.07. The number of nitrogens with zero attached hydrogens (tertiary/aromatic N) is 1. The molecule has 0 aliphatic heterocycles. The number of benzene rings is 2. The fourth-order valence-corrected chi connectivity index (χ4v) is 6.06. The minimum absolute atomic E-state index is 0.0704. The summed E-state index contributed by atoms with van der Waals surface area (Å²) in [7, 11) is 3.09. The fraction of sp³-hybridized carbons (Fsp3) is 0.286. The number of aryl methyl sites for hydroxylation is 2. The number of aliphatic hydroxyl groups is 1. The lowest BCUT2D eigenvalue weighted by molar-refractivity contribution is 0.0937.